The van der Waals surface area contributed by atoms with Crippen molar-refractivity contribution in [2.24, 2.45) is 0 Å². The van der Waals surface area contributed by atoms with Crippen molar-refractivity contribution in [3.8, 4) is 5.69 Å². The van der Waals surface area contributed by atoms with E-state index in [1.165, 1.54) is 5.69 Å². The minimum absolute atomic E-state index is 0.00147. The van der Waals surface area contributed by atoms with Gasteiger partial charge in [0.1, 0.15) is 0 Å². The number of hydrogen-bond acceptors (Lipinski definition) is 3. The second-order valence-electron chi connectivity index (χ2n) is 6.64. The van der Waals surface area contributed by atoms with E-state index < -0.39 is 0 Å². The fraction of sp³-hybridized carbons (Fsp3) is 0.250. The molecule has 1 aliphatic rings. The maximum atomic E-state index is 5.67. The summed E-state index contributed by atoms with van der Waals surface area (Å²) in [6.45, 7) is 4.34. The lowest BCUT2D eigenvalue weighted by molar-refractivity contribution is 0.262. The Hall–Kier alpha value is -2.73. The molecular formula is C20H21N5S. The fourth-order valence-corrected chi connectivity index (χ4v) is 4.06. The summed E-state index contributed by atoms with van der Waals surface area (Å²) in [5.74, 6) is 0. The number of rotatable bonds is 4. The van der Waals surface area contributed by atoms with Crippen LogP contribution in [0.2, 0.25) is 0 Å². The first-order chi connectivity index (χ1) is 12.7. The van der Waals surface area contributed by atoms with Crippen LogP contribution in [0.5, 0.6) is 0 Å². The number of thiocarbonyl (C=S) groups is 1. The van der Waals surface area contributed by atoms with Crippen molar-refractivity contribution in [2.45, 2.75) is 32.0 Å². The fourth-order valence-electron chi connectivity index (χ4n) is 3.61. The average Bonchev–Trinajstić information content (AvgIpc) is 3.27. The Morgan fingerprint density at radius 3 is 2.54 bits per heavy atom. The van der Waals surface area contributed by atoms with Crippen molar-refractivity contribution in [3.63, 3.8) is 0 Å². The molecule has 4 heterocycles. The Bertz CT molecular complexity index is 891. The van der Waals surface area contributed by atoms with E-state index in [1.807, 2.05) is 42.9 Å². The first-order valence-corrected chi connectivity index (χ1v) is 9.15. The summed E-state index contributed by atoms with van der Waals surface area (Å²) in [4.78, 5) is 11.0. The van der Waals surface area contributed by atoms with E-state index in [-0.39, 0.29) is 18.1 Å². The van der Waals surface area contributed by atoms with Gasteiger partial charge in [0.25, 0.3) is 0 Å². The van der Waals surface area contributed by atoms with Crippen LogP contribution in [-0.2, 0) is 0 Å². The van der Waals surface area contributed by atoms with Gasteiger partial charge in [-0.25, -0.2) is 0 Å². The van der Waals surface area contributed by atoms with Gasteiger partial charge in [-0.1, -0.05) is 6.07 Å². The second kappa shape index (κ2) is 6.88. The molecule has 1 fully saturated rings. The van der Waals surface area contributed by atoms with Crippen molar-refractivity contribution in [2.75, 3.05) is 0 Å². The number of pyridine rings is 2. The monoisotopic (exact) mass is 363 g/mol. The molecule has 2 atom stereocenters. The molecule has 0 bridgehead atoms. The maximum absolute atomic E-state index is 5.67. The van der Waals surface area contributed by atoms with Crippen molar-refractivity contribution in [1.29, 1.82) is 0 Å². The number of nitrogens with one attached hydrogen (secondary N) is 1. The predicted octanol–water partition coefficient (Wildman–Crippen LogP) is 3.65. The molecule has 0 aromatic carbocycles. The molecule has 0 aliphatic carbocycles. The lowest BCUT2D eigenvalue weighted by Gasteiger charge is -2.31. The number of aromatic nitrogens is 3. The molecule has 4 rings (SSSR count). The van der Waals surface area contributed by atoms with Crippen LogP contribution in [0.25, 0.3) is 5.69 Å². The lowest BCUT2D eigenvalue weighted by atomic mass is 10.0. The van der Waals surface area contributed by atoms with Gasteiger partial charge < -0.3 is 14.8 Å². The van der Waals surface area contributed by atoms with Crippen molar-refractivity contribution in [1.82, 2.24) is 24.8 Å². The summed E-state index contributed by atoms with van der Waals surface area (Å²) in [6.07, 6.45) is 7.54. The van der Waals surface area contributed by atoms with Crippen LogP contribution in [0.3, 0.4) is 0 Å². The van der Waals surface area contributed by atoms with Crippen molar-refractivity contribution >= 4 is 17.3 Å². The summed E-state index contributed by atoms with van der Waals surface area (Å²) < 4.78 is 2.20. The van der Waals surface area contributed by atoms with E-state index in [0.717, 1.165) is 16.5 Å². The first-order valence-electron chi connectivity index (χ1n) is 8.74. The minimum Gasteiger partial charge on any atom is -0.352 e. The average molecular weight is 363 g/mol. The zero-order valence-electron chi connectivity index (χ0n) is 14.8. The van der Waals surface area contributed by atoms with Crippen LogP contribution in [0.1, 0.15) is 37.3 Å². The molecule has 26 heavy (non-hydrogen) atoms. The van der Waals surface area contributed by atoms with Crippen LogP contribution in [0.4, 0.5) is 0 Å². The molecule has 1 aliphatic heterocycles. The molecule has 5 nitrogen and oxygen atoms in total. The second-order valence-corrected chi connectivity index (χ2v) is 7.02. The topological polar surface area (TPSA) is 46.0 Å². The van der Waals surface area contributed by atoms with E-state index in [9.17, 15) is 0 Å². The van der Waals surface area contributed by atoms with E-state index >= 15 is 0 Å². The van der Waals surface area contributed by atoms with Gasteiger partial charge in [-0.15, -0.1) is 0 Å². The standard InChI is InChI=1S/C20H21N5S/c1-14(2)25-19(18(23-20(25)26)16-6-3-4-10-22-16)17-7-5-13-24(17)15-8-11-21-12-9-15/h3-14,18-19H,1-2H3,(H,23,26). The highest BCUT2D eigenvalue weighted by molar-refractivity contribution is 7.80. The Kier molecular flexibility index (Phi) is 4.42. The van der Waals surface area contributed by atoms with Crippen molar-refractivity contribution < 1.29 is 0 Å². The summed E-state index contributed by atoms with van der Waals surface area (Å²) in [5, 5.41) is 4.25. The molecule has 0 spiro atoms. The van der Waals surface area contributed by atoms with Crippen molar-refractivity contribution in [3.05, 3.63) is 78.6 Å². The maximum Gasteiger partial charge on any atom is 0.170 e. The van der Waals surface area contributed by atoms with E-state index in [0.29, 0.717) is 0 Å². The van der Waals surface area contributed by atoms with Gasteiger partial charge >= 0.3 is 0 Å². The molecule has 1 saturated heterocycles. The summed E-state index contributed by atoms with van der Waals surface area (Å²) >= 11 is 5.67. The highest BCUT2D eigenvalue weighted by Gasteiger charge is 2.42. The van der Waals surface area contributed by atoms with E-state index in [1.54, 1.807) is 0 Å². The quantitative estimate of drug-likeness (QED) is 0.717. The molecule has 0 radical (unpaired) electrons. The highest BCUT2D eigenvalue weighted by Crippen LogP contribution is 2.40. The summed E-state index contributed by atoms with van der Waals surface area (Å²) in [6, 6.07) is 14.6. The van der Waals surface area contributed by atoms with Crippen LogP contribution in [0, 0.1) is 0 Å². The van der Waals surface area contributed by atoms with Gasteiger partial charge in [-0.3, -0.25) is 9.97 Å². The molecule has 3 aromatic rings. The minimum atomic E-state index is 0.00147. The molecule has 3 aromatic heterocycles. The Morgan fingerprint density at radius 1 is 1.04 bits per heavy atom. The van der Waals surface area contributed by atoms with Gasteiger partial charge in [0.2, 0.25) is 0 Å². The summed E-state index contributed by atoms with van der Waals surface area (Å²) in [7, 11) is 0. The highest BCUT2D eigenvalue weighted by atomic mass is 32.1. The lowest BCUT2D eigenvalue weighted by Crippen LogP contribution is -2.36. The van der Waals surface area contributed by atoms with Gasteiger partial charge in [0, 0.05) is 42.2 Å². The molecule has 0 saturated carbocycles. The van der Waals surface area contributed by atoms with Gasteiger partial charge in [0.15, 0.2) is 5.11 Å². The van der Waals surface area contributed by atoms with Crippen LogP contribution in [0.15, 0.2) is 67.3 Å². The normalized spacial score (nSPS) is 19.8. The van der Waals surface area contributed by atoms with Crippen LogP contribution >= 0.6 is 12.2 Å². The number of nitrogens with zero attached hydrogens (tertiary/aromatic N) is 4. The van der Waals surface area contributed by atoms with Gasteiger partial charge in [-0.2, -0.15) is 0 Å². The largest absolute Gasteiger partial charge is 0.352 e. The molecule has 2 unspecified atom stereocenters. The Balaban J connectivity index is 1.83. The third kappa shape index (κ3) is 2.86. The Morgan fingerprint density at radius 2 is 1.85 bits per heavy atom. The zero-order valence-corrected chi connectivity index (χ0v) is 15.6. The van der Waals surface area contributed by atoms with Crippen LogP contribution < -0.4 is 5.32 Å². The Labute approximate surface area is 158 Å². The summed E-state index contributed by atoms with van der Waals surface area (Å²) in [5.41, 5.74) is 3.25. The molecule has 1 N–H and O–H groups in total. The third-order valence-electron chi connectivity index (χ3n) is 4.72. The zero-order chi connectivity index (χ0) is 18.1. The van der Waals surface area contributed by atoms with E-state index in [2.05, 4.69) is 63.0 Å². The van der Waals surface area contributed by atoms with Gasteiger partial charge in [-0.05, 0) is 62.5 Å². The molecule has 6 heteroatoms. The van der Waals surface area contributed by atoms with Gasteiger partial charge in [0.05, 0.1) is 17.8 Å². The molecule has 0 amide bonds. The van der Waals surface area contributed by atoms with Crippen LogP contribution in [-0.4, -0.2) is 30.6 Å². The third-order valence-corrected chi connectivity index (χ3v) is 5.04. The van der Waals surface area contributed by atoms with E-state index in [4.69, 9.17) is 12.2 Å². The first kappa shape index (κ1) is 16.7. The smallest absolute Gasteiger partial charge is 0.170 e. The SMILES string of the molecule is CC(C)N1C(=S)NC(c2ccccn2)C1c1cccn1-c1ccncc1. The molecular weight excluding hydrogens is 342 g/mol. The molecule has 132 valence electrons. The predicted molar refractivity (Wildman–Crippen MR) is 106 cm³/mol. The number of hydrogen-bond donors (Lipinski definition) is 1.